The number of thioether (sulfide) groups is 1. The van der Waals surface area contributed by atoms with Crippen molar-refractivity contribution < 1.29 is 4.79 Å². The van der Waals surface area contributed by atoms with E-state index in [-0.39, 0.29) is 11.8 Å². The number of benzene rings is 3. The summed E-state index contributed by atoms with van der Waals surface area (Å²) >= 11 is 1.76. The highest BCUT2D eigenvalue weighted by Gasteiger charge is 2.30. The van der Waals surface area contributed by atoms with E-state index < -0.39 is 5.92 Å². The normalized spacial score (nSPS) is 12.6. The molecule has 5 aromatic rings. The van der Waals surface area contributed by atoms with Crippen LogP contribution in [0.1, 0.15) is 53.0 Å². The molecule has 1 amide bonds. The average molecular weight is 482 g/mol. The van der Waals surface area contributed by atoms with Crippen molar-refractivity contribution in [3.8, 4) is 0 Å². The maximum absolute atomic E-state index is 13.0. The molecule has 0 radical (unpaired) electrons. The maximum atomic E-state index is 13.0. The summed E-state index contributed by atoms with van der Waals surface area (Å²) in [5.41, 5.74) is 14.2. The largest absolute Gasteiger partial charge is 0.369 e. The Labute approximate surface area is 210 Å². The molecule has 1 atom stereocenters. The third-order valence-electron chi connectivity index (χ3n) is 7.05. The van der Waals surface area contributed by atoms with Crippen LogP contribution in [-0.4, -0.2) is 21.6 Å². The van der Waals surface area contributed by atoms with E-state index in [1.807, 2.05) is 12.1 Å². The molecule has 0 saturated carbocycles. The predicted molar refractivity (Wildman–Crippen MR) is 147 cm³/mol. The lowest BCUT2D eigenvalue weighted by Crippen LogP contribution is -2.24. The van der Waals surface area contributed by atoms with E-state index in [0.29, 0.717) is 6.42 Å². The van der Waals surface area contributed by atoms with E-state index in [9.17, 15) is 4.79 Å². The first-order valence-electron chi connectivity index (χ1n) is 12.1. The molecule has 5 rings (SSSR count). The average Bonchev–Trinajstić information content (AvgIpc) is 3.47. The molecule has 0 aliphatic carbocycles. The maximum Gasteiger partial charge on any atom is 0.225 e. The van der Waals surface area contributed by atoms with Crippen molar-refractivity contribution in [1.29, 1.82) is 0 Å². The monoisotopic (exact) mass is 481 g/mol. The first kappa shape index (κ1) is 23.3. The smallest absolute Gasteiger partial charge is 0.225 e. The number of aryl methyl sites for hydroxylation is 2. The fourth-order valence-electron chi connectivity index (χ4n) is 5.46. The molecule has 0 saturated heterocycles. The van der Waals surface area contributed by atoms with Gasteiger partial charge in [-0.3, -0.25) is 4.79 Å². The summed E-state index contributed by atoms with van der Waals surface area (Å²) in [5, 5.41) is 2.44. The number of rotatable bonds is 8. The number of hydrogen-bond acceptors (Lipinski definition) is 2. The minimum Gasteiger partial charge on any atom is -0.369 e. The van der Waals surface area contributed by atoms with Gasteiger partial charge in [-0.25, -0.2) is 0 Å². The standard InChI is InChI=1S/C30H31N3OS/c1-4-35-27-14-6-5-11-20(27)22(30(31)34)15-21(23-16-32-25-12-7-9-18(2)28(23)25)24-17-33-26-13-8-10-19(3)29(24)26/h5-14,16-17,21-22,32-33H,4,15H2,1-3H3,(H2,31,34). The molecule has 2 aromatic heterocycles. The van der Waals surface area contributed by atoms with Gasteiger partial charge in [-0.2, -0.15) is 0 Å². The SMILES string of the molecule is CCSc1ccccc1C(CC(c1c[nH]c2cccc(C)c12)c1c[nH]c2cccc(C)c12)C(N)=O. The van der Waals surface area contributed by atoms with Crippen molar-refractivity contribution in [2.24, 2.45) is 5.73 Å². The van der Waals surface area contributed by atoms with Crippen molar-refractivity contribution in [2.45, 2.75) is 43.9 Å². The van der Waals surface area contributed by atoms with Crippen molar-refractivity contribution in [2.75, 3.05) is 5.75 Å². The van der Waals surface area contributed by atoms with Crippen LogP contribution in [0.4, 0.5) is 0 Å². The quantitative estimate of drug-likeness (QED) is 0.206. The second-order valence-electron chi connectivity index (χ2n) is 9.20. The number of nitrogens with two attached hydrogens (primary N) is 1. The van der Waals surface area contributed by atoms with Crippen LogP contribution in [0.2, 0.25) is 0 Å². The fourth-order valence-corrected chi connectivity index (χ4v) is 6.32. The number of H-pyrrole nitrogens is 2. The van der Waals surface area contributed by atoms with Crippen LogP contribution in [0.25, 0.3) is 21.8 Å². The van der Waals surface area contributed by atoms with E-state index >= 15 is 0 Å². The van der Waals surface area contributed by atoms with Crippen LogP contribution in [0.5, 0.6) is 0 Å². The molecule has 4 nitrogen and oxygen atoms in total. The van der Waals surface area contributed by atoms with E-state index in [1.165, 1.54) is 33.0 Å². The summed E-state index contributed by atoms with van der Waals surface area (Å²) in [6.45, 7) is 6.43. The van der Waals surface area contributed by atoms with E-state index in [4.69, 9.17) is 5.73 Å². The molecule has 0 aliphatic heterocycles. The Morgan fingerprint density at radius 3 is 1.94 bits per heavy atom. The number of amides is 1. The lowest BCUT2D eigenvalue weighted by molar-refractivity contribution is -0.119. The minimum atomic E-state index is -0.404. The summed E-state index contributed by atoms with van der Waals surface area (Å²) in [7, 11) is 0. The first-order chi connectivity index (χ1) is 17.0. The van der Waals surface area contributed by atoms with Crippen LogP contribution in [0.3, 0.4) is 0 Å². The molecule has 1 unspecified atom stereocenters. The Kier molecular flexibility index (Phi) is 6.44. The lowest BCUT2D eigenvalue weighted by Gasteiger charge is -2.24. The highest BCUT2D eigenvalue weighted by molar-refractivity contribution is 7.99. The second-order valence-corrected chi connectivity index (χ2v) is 10.5. The zero-order chi connectivity index (χ0) is 24.5. The molecule has 0 aliphatic rings. The molecule has 0 fully saturated rings. The Bertz CT molecular complexity index is 1430. The molecule has 2 heterocycles. The zero-order valence-corrected chi connectivity index (χ0v) is 21.2. The van der Waals surface area contributed by atoms with Crippen LogP contribution >= 0.6 is 11.8 Å². The number of aromatic nitrogens is 2. The highest BCUT2D eigenvalue weighted by Crippen LogP contribution is 2.43. The van der Waals surface area contributed by atoms with Gasteiger partial charge in [0, 0.05) is 45.0 Å². The number of fused-ring (bicyclic) bond motifs is 2. The van der Waals surface area contributed by atoms with E-state index in [0.717, 1.165) is 27.2 Å². The first-order valence-corrected chi connectivity index (χ1v) is 13.1. The summed E-state index contributed by atoms with van der Waals surface area (Å²) in [5.74, 6) is 0.234. The van der Waals surface area contributed by atoms with Gasteiger partial charge in [0.2, 0.25) is 5.91 Å². The molecule has 35 heavy (non-hydrogen) atoms. The minimum absolute atomic E-state index is 0.0168. The number of nitrogens with one attached hydrogen (secondary N) is 2. The summed E-state index contributed by atoms with van der Waals surface area (Å²) in [6.07, 6.45) is 4.83. The molecule has 4 N–H and O–H groups in total. The Balaban J connectivity index is 1.72. The topological polar surface area (TPSA) is 74.7 Å². The highest BCUT2D eigenvalue weighted by atomic mass is 32.2. The Morgan fingerprint density at radius 1 is 0.829 bits per heavy atom. The van der Waals surface area contributed by atoms with Crippen molar-refractivity contribution in [3.05, 3.63) is 101 Å². The third kappa shape index (κ3) is 4.25. The van der Waals surface area contributed by atoms with Gasteiger partial charge in [0.05, 0.1) is 5.92 Å². The van der Waals surface area contributed by atoms with Gasteiger partial charge < -0.3 is 15.7 Å². The number of hydrogen-bond donors (Lipinski definition) is 3. The molecule has 5 heteroatoms. The molecule has 3 aromatic carbocycles. The third-order valence-corrected chi connectivity index (χ3v) is 8.02. The van der Waals surface area contributed by atoms with Crippen LogP contribution in [0, 0.1) is 13.8 Å². The Hall–Kier alpha value is -3.44. The van der Waals surface area contributed by atoms with Gasteiger partial charge in [0.15, 0.2) is 0 Å². The second kappa shape index (κ2) is 9.67. The van der Waals surface area contributed by atoms with Crippen molar-refractivity contribution in [3.63, 3.8) is 0 Å². The van der Waals surface area contributed by atoms with Crippen molar-refractivity contribution in [1.82, 2.24) is 9.97 Å². The van der Waals surface area contributed by atoms with Gasteiger partial charge >= 0.3 is 0 Å². The van der Waals surface area contributed by atoms with Gasteiger partial charge in [-0.15, -0.1) is 11.8 Å². The van der Waals surface area contributed by atoms with Gasteiger partial charge in [-0.1, -0.05) is 49.4 Å². The lowest BCUT2D eigenvalue weighted by atomic mass is 9.79. The van der Waals surface area contributed by atoms with E-state index in [1.54, 1.807) is 11.8 Å². The number of carbonyl (C=O) groups excluding carboxylic acids is 1. The van der Waals surface area contributed by atoms with Gasteiger partial charge in [0.1, 0.15) is 0 Å². The zero-order valence-electron chi connectivity index (χ0n) is 20.4. The van der Waals surface area contributed by atoms with Crippen LogP contribution < -0.4 is 5.73 Å². The summed E-state index contributed by atoms with van der Waals surface area (Å²) < 4.78 is 0. The van der Waals surface area contributed by atoms with E-state index in [2.05, 4.69) is 91.7 Å². The molecule has 178 valence electrons. The van der Waals surface area contributed by atoms with Crippen molar-refractivity contribution >= 4 is 39.5 Å². The predicted octanol–water partition coefficient (Wildman–Crippen LogP) is 7.17. The van der Waals surface area contributed by atoms with Gasteiger partial charge in [0.25, 0.3) is 0 Å². The van der Waals surface area contributed by atoms with Crippen LogP contribution in [0.15, 0.2) is 78.0 Å². The van der Waals surface area contributed by atoms with Gasteiger partial charge in [-0.05, 0) is 72.0 Å². The fraction of sp³-hybridized carbons (Fsp3) is 0.233. The molecular formula is C30H31N3OS. The summed E-state index contributed by atoms with van der Waals surface area (Å²) in [4.78, 5) is 21.1. The van der Waals surface area contributed by atoms with Crippen LogP contribution in [-0.2, 0) is 4.79 Å². The molecule has 0 bridgehead atoms. The number of primary amides is 1. The molecule has 0 spiro atoms. The summed E-state index contributed by atoms with van der Waals surface area (Å²) in [6, 6.07) is 20.9. The molecular weight excluding hydrogens is 450 g/mol. The Morgan fingerprint density at radius 2 is 1.40 bits per heavy atom. The number of aromatic amines is 2. The number of carbonyl (C=O) groups is 1.